The van der Waals surface area contributed by atoms with Gasteiger partial charge in [-0.1, -0.05) is 6.07 Å². The van der Waals surface area contributed by atoms with Gasteiger partial charge in [-0.25, -0.2) is 0 Å². The highest BCUT2D eigenvalue weighted by atomic mass is 79.9. The third-order valence-electron chi connectivity index (χ3n) is 3.52. The summed E-state index contributed by atoms with van der Waals surface area (Å²) in [5.41, 5.74) is 6.51. The maximum atomic E-state index is 6.69. The summed E-state index contributed by atoms with van der Waals surface area (Å²) >= 11 is 11.9. The third kappa shape index (κ3) is 2.52. The maximum Gasteiger partial charge on any atom is 0.0933 e. The standard InChI is InChI=1S/C15H16BrClS/c1-8-7-9(2)11(4)14(10(8)3)15(17)12-5-6-13(16)18-12/h5-7,15H,1-4H3. The number of hydrogen-bond acceptors (Lipinski definition) is 1. The predicted octanol–water partition coefficient (Wildman–Crippen LogP) is 6.07. The topological polar surface area (TPSA) is 0 Å². The summed E-state index contributed by atoms with van der Waals surface area (Å²) in [6, 6.07) is 6.40. The Hall–Kier alpha value is -0.310. The Balaban J connectivity index is 2.57. The van der Waals surface area contributed by atoms with Crippen LogP contribution >= 0.6 is 38.9 Å². The minimum Gasteiger partial charge on any atom is -0.131 e. The summed E-state index contributed by atoms with van der Waals surface area (Å²) in [7, 11) is 0. The van der Waals surface area contributed by atoms with Gasteiger partial charge in [0.1, 0.15) is 0 Å². The van der Waals surface area contributed by atoms with E-state index >= 15 is 0 Å². The largest absolute Gasteiger partial charge is 0.131 e. The van der Waals surface area contributed by atoms with Gasteiger partial charge in [-0.15, -0.1) is 22.9 Å². The van der Waals surface area contributed by atoms with Crippen molar-refractivity contribution in [2.24, 2.45) is 0 Å². The fourth-order valence-corrected chi connectivity index (χ4v) is 4.18. The van der Waals surface area contributed by atoms with E-state index in [1.54, 1.807) is 11.3 Å². The van der Waals surface area contributed by atoms with E-state index in [1.165, 1.54) is 32.7 Å². The molecule has 18 heavy (non-hydrogen) atoms. The Bertz CT molecular complexity index is 560. The number of rotatable bonds is 2. The van der Waals surface area contributed by atoms with Gasteiger partial charge < -0.3 is 0 Å². The molecule has 1 aromatic carbocycles. The molecule has 0 fully saturated rings. The lowest BCUT2D eigenvalue weighted by molar-refractivity contribution is 1.07. The van der Waals surface area contributed by atoms with Crippen molar-refractivity contribution in [3.05, 3.63) is 54.7 Å². The fraction of sp³-hybridized carbons (Fsp3) is 0.333. The molecule has 0 bridgehead atoms. The van der Waals surface area contributed by atoms with E-state index in [9.17, 15) is 0 Å². The quantitative estimate of drug-likeness (QED) is 0.580. The van der Waals surface area contributed by atoms with Crippen molar-refractivity contribution in [2.75, 3.05) is 0 Å². The molecule has 1 heterocycles. The minimum atomic E-state index is -0.0556. The van der Waals surface area contributed by atoms with Crippen LogP contribution in [0.1, 0.15) is 38.1 Å². The van der Waals surface area contributed by atoms with Crippen molar-refractivity contribution in [1.82, 2.24) is 0 Å². The van der Waals surface area contributed by atoms with Crippen LogP contribution < -0.4 is 0 Å². The van der Waals surface area contributed by atoms with Gasteiger partial charge >= 0.3 is 0 Å². The van der Waals surface area contributed by atoms with E-state index < -0.39 is 0 Å². The molecule has 0 amide bonds. The second-order valence-electron chi connectivity index (χ2n) is 4.68. The van der Waals surface area contributed by atoms with Crippen LogP contribution in [0.3, 0.4) is 0 Å². The van der Waals surface area contributed by atoms with Crippen molar-refractivity contribution in [3.8, 4) is 0 Å². The van der Waals surface area contributed by atoms with Crippen LogP contribution in [0, 0.1) is 27.7 Å². The average Bonchev–Trinajstić information content (AvgIpc) is 2.73. The smallest absolute Gasteiger partial charge is 0.0933 e. The number of hydrogen-bond donors (Lipinski definition) is 0. The zero-order valence-corrected chi connectivity index (χ0v) is 14.1. The molecule has 2 rings (SSSR count). The van der Waals surface area contributed by atoms with Crippen LogP contribution in [0.15, 0.2) is 22.0 Å². The molecule has 0 aliphatic rings. The molecule has 0 radical (unpaired) electrons. The second-order valence-corrected chi connectivity index (χ2v) is 7.61. The maximum absolute atomic E-state index is 6.69. The fourth-order valence-electron chi connectivity index (χ4n) is 2.23. The molecule has 0 N–H and O–H groups in total. The predicted molar refractivity (Wildman–Crippen MR) is 85.1 cm³/mol. The number of aryl methyl sites for hydroxylation is 2. The molecule has 96 valence electrons. The van der Waals surface area contributed by atoms with Gasteiger partial charge in [0.05, 0.1) is 9.16 Å². The first-order valence-electron chi connectivity index (χ1n) is 5.88. The molecule has 0 aliphatic heterocycles. The van der Waals surface area contributed by atoms with Crippen molar-refractivity contribution < 1.29 is 0 Å². The van der Waals surface area contributed by atoms with Crippen molar-refractivity contribution in [1.29, 1.82) is 0 Å². The van der Waals surface area contributed by atoms with Crippen LogP contribution in [-0.4, -0.2) is 0 Å². The zero-order valence-electron chi connectivity index (χ0n) is 11.0. The van der Waals surface area contributed by atoms with Crippen LogP contribution in [0.25, 0.3) is 0 Å². The first-order chi connectivity index (χ1) is 8.41. The number of halogens is 2. The van der Waals surface area contributed by atoms with E-state index in [4.69, 9.17) is 11.6 Å². The lowest BCUT2D eigenvalue weighted by Gasteiger charge is -2.18. The monoisotopic (exact) mass is 342 g/mol. The highest BCUT2D eigenvalue weighted by Gasteiger charge is 2.19. The average molecular weight is 344 g/mol. The lowest BCUT2D eigenvalue weighted by Crippen LogP contribution is -2.02. The number of alkyl halides is 1. The van der Waals surface area contributed by atoms with Crippen LogP contribution in [0.2, 0.25) is 0 Å². The normalized spacial score (nSPS) is 12.8. The Labute approximate surface area is 126 Å². The summed E-state index contributed by atoms with van der Waals surface area (Å²) in [5.74, 6) is 0. The summed E-state index contributed by atoms with van der Waals surface area (Å²) in [4.78, 5) is 1.19. The highest BCUT2D eigenvalue weighted by molar-refractivity contribution is 9.11. The van der Waals surface area contributed by atoms with Crippen molar-refractivity contribution in [3.63, 3.8) is 0 Å². The van der Waals surface area contributed by atoms with Gasteiger partial charge in [-0.05, 0) is 83.6 Å². The molecule has 3 heteroatoms. The molecule has 0 spiro atoms. The molecule has 1 aromatic heterocycles. The highest BCUT2D eigenvalue weighted by Crippen LogP contribution is 2.39. The summed E-state index contributed by atoms with van der Waals surface area (Å²) < 4.78 is 1.13. The van der Waals surface area contributed by atoms with Gasteiger partial charge in [0.25, 0.3) is 0 Å². The van der Waals surface area contributed by atoms with Crippen molar-refractivity contribution >= 4 is 38.9 Å². The molecule has 0 aliphatic carbocycles. The summed E-state index contributed by atoms with van der Waals surface area (Å²) in [6.45, 7) is 8.63. The third-order valence-corrected chi connectivity index (χ3v) is 5.79. The van der Waals surface area contributed by atoms with Gasteiger partial charge in [0, 0.05) is 4.88 Å². The SMILES string of the molecule is Cc1cc(C)c(C)c(C(Cl)c2ccc(Br)s2)c1C. The van der Waals surface area contributed by atoms with Gasteiger partial charge in [0.2, 0.25) is 0 Å². The summed E-state index contributed by atoms with van der Waals surface area (Å²) in [6.07, 6.45) is 0. The Morgan fingerprint density at radius 1 is 1.06 bits per heavy atom. The lowest BCUT2D eigenvalue weighted by atomic mass is 9.92. The summed E-state index contributed by atoms with van der Waals surface area (Å²) in [5, 5.41) is -0.0556. The zero-order chi connectivity index (χ0) is 13.4. The molecule has 1 unspecified atom stereocenters. The molecule has 0 saturated heterocycles. The Morgan fingerprint density at radius 3 is 2.06 bits per heavy atom. The van der Waals surface area contributed by atoms with E-state index in [0.717, 1.165) is 3.79 Å². The van der Waals surface area contributed by atoms with E-state index in [2.05, 4.69) is 61.8 Å². The van der Waals surface area contributed by atoms with E-state index in [-0.39, 0.29) is 5.38 Å². The van der Waals surface area contributed by atoms with Crippen LogP contribution in [-0.2, 0) is 0 Å². The van der Waals surface area contributed by atoms with Gasteiger partial charge in [-0.2, -0.15) is 0 Å². The first kappa shape index (κ1) is 14.1. The molecule has 0 nitrogen and oxygen atoms in total. The van der Waals surface area contributed by atoms with Gasteiger partial charge in [0.15, 0.2) is 0 Å². The number of benzene rings is 1. The van der Waals surface area contributed by atoms with Crippen LogP contribution in [0.4, 0.5) is 0 Å². The molecular weight excluding hydrogens is 328 g/mol. The minimum absolute atomic E-state index is 0.0556. The number of thiophene rings is 1. The van der Waals surface area contributed by atoms with E-state index in [1.807, 2.05) is 0 Å². The molecular formula is C15H16BrClS. The van der Waals surface area contributed by atoms with E-state index in [0.29, 0.717) is 0 Å². The molecule has 2 aromatic rings. The molecule has 0 saturated carbocycles. The van der Waals surface area contributed by atoms with Crippen molar-refractivity contribution in [2.45, 2.75) is 33.1 Å². The van der Waals surface area contributed by atoms with Crippen LogP contribution in [0.5, 0.6) is 0 Å². The second kappa shape index (κ2) is 5.36. The first-order valence-corrected chi connectivity index (χ1v) is 7.93. The van der Waals surface area contributed by atoms with Gasteiger partial charge in [-0.3, -0.25) is 0 Å². The molecule has 1 atom stereocenters. The Kier molecular flexibility index (Phi) is 4.20. The Morgan fingerprint density at radius 2 is 1.61 bits per heavy atom.